The summed E-state index contributed by atoms with van der Waals surface area (Å²) in [5, 5.41) is 4.06. The van der Waals surface area contributed by atoms with Crippen molar-refractivity contribution in [2.75, 3.05) is 18.0 Å². The zero-order valence-electron chi connectivity index (χ0n) is 13.9. The van der Waals surface area contributed by atoms with Crippen LogP contribution in [0.3, 0.4) is 0 Å². The van der Waals surface area contributed by atoms with Crippen LogP contribution in [0, 0.1) is 0 Å². The molecule has 1 fully saturated rings. The Morgan fingerprint density at radius 3 is 2.68 bits per heavy atom. The van der Waals surface area contributed by atoms with E-state index in [9.17, 15) is 0 Å². The van der Waals surface area contributed by atoms with Gasteiger partial charge in [-0.05, 0) is 43.0 Å². The Kier molecular flexibility index (Phi) is 4.39. The average molecular weight is 336 g/mol. The van der Waals surface area contributed by atoms with Crippen molar-refractivity contribution in [3.63, 3.8) is 0 Å². The first kappa shape index (κ1) is 15.7. The van der Waals surface area contributed by atoms with Gasteiger partial charge in [0.25, 0.3) is 5.89 Å². The zero-order valence-corrected chi connectivity index (χ0v) is 13.9. The standard InChI is InChI=1S/C18H20N6O/c19-9-13-8-15(11-20-10-13)18-22-17(23-25-18)14-4-5-16(21-12-14)24-6-2-1-3-7-24/h4-5,8,10-12H,1-3,6-7,9,19H2. The molecule has 7 heteroatoms. The lowest BCUT2D eigenvalue weighted by molar-refractivity contribution is 0.432. The van der Waals surface area contributed by atoms with E-state index < -0.39 is 0 Å². The van der Waals surface area contributed by atoms with Gasteiger partial charge in [0, 0.05) is 43.8 Å². The number of aromatic nitrogens is 4. The molecule has 0 atom stereocenters. The molecule has 0 amide bonds. The van der Waals surface area contributed by atoms with Crippen molar-refractivity contribution in [3.05, 3.63) is 42.4 Å². The molecule has 1 aliphatic rings. The fourth-order valence-corrected chi connectivity index (χ4v) is 3.00. The number of rotatable bonds is 4. The zero-order chi connectivity index (χ0) is 17.1. The second-order valence-corrected chi connectivity index (χ2v) is 6.16. The highest BCUT2D eigenvalue weighted by Crippen LogP contribution is 2.24. The SMILES string of the molecule is NCc1cncc(-c2nc(-c3ccc(N4CCCCC4)nc3)no2)c1. The Balaban J connectivity index is 1.55. The molecule has 1 saturated heterocycles. The Bertz CT molecular complexity index is 839. The third kappa shape index (κ3) is 3.36. The van der Waals surface area contributed by atoms with Crippen LogP contribution in [0.5, 0.6) is 0 Å². The first-order chi connectivity index (χ1) is 12.3. The first-order valence-corrected chi connectivity index (χ1v) is 8.53. The van der Waals surface area contributed by atoms with Gasteiger partial charge in [-0.15, -0.1) is 0 Å². The van der Waals surface area contributed by atoms with Crippen molar-refractivity contribution in [3.8, 4) is 22.8 Å². The molecule has 1 aliphatic heterocycles. The maximum Gasteiger partial charge on any atom is 0.259 e. The van der Waals surface area contributed by atoms with Crippen molar-refractivity contribution < 1.29 is 4.52 Å². The molecule has 4 heterocycles. The molecular formula is C18H20N6O. The smallest absolute Gasteiger partial charge is 0.259 e. The third-order valence-electron chi connectivity index (χ3n) is 4.39. The summed E-state index contributed by atoms with van der Waals surface area (Å²) >= 11 is 0. The van der Waals surface area contributed by atoms with Crippen molar-refractivity contribution in [2.24, 2.45) is 5.73 Å². The summed E-state index contributed by atoms with van der Waals surface area (Å²) in [4.78, 5) is 15.5. The van der Waals surface area contributed by atoms with Gasteiger partial charge in [0.2, 0.25) is 5.82 Å². The van der Waals surface area contributed by atoms with Crippen LogP contribution in [0.1, 0.15) is 24.8 Å². The van der Waals surface area contributed by atoms with Gasteiger partial charge < -0.3 is 15.2 Å². The molecule has 3 aromatic heterocycles. The van der Waals surface area contributed by atoms with Crippen molar-refractivity contribution >= 4 is 5.82 Å². The maximum absolute atomic E-state index is 5.65. The second kappa shape index (κ2) is 6.98. The van der Waals surface area contributed by atoms with Crippen molar-refractivity contribution in [2.45, 2.75) is 25.8 Å². The Morgan fingerprint density at radius 2 is 1.92 bits per heavy atom. The van der Waals surface area contributed by atoms with Crippen molar-refractivity contribution in [1.82, 2.24) is 20.1 Å². The van der Waals surface area contributed by atoms with Gasteiger partial charge in [-0.3, -0.25) is 4.98 Å². The summed E-state index contributed by atoms with van der Waals surface area (Å²) in [6.07, 6.45) is 8.98. The predicted molar refractivity (Wildman–Crippen MR) is 94.7 cm³/mol. The van der Waals surface area contributed by atoms with E-state index in [4.69, 9.17) is 10.3 Å². The van der Waals surface area contributed by atoms with E-state index in [1.807, 2.05) is 18.2 Å². The summed E-state index contributed by atoms with van der Waals surface area (Å²) in [7, 11) is 0. The number of nitrogens with zero attached hydrogens (tertiary/aromatic N) is 5. The second-order valence-electron chi connectivity index (χ2n) is 6.16. The van der Waals surface area contributed by atoms with Crippen LogP contribution in [-0.4, -0.2) is 33.2 Å². The molecule has 0 saturated carbocycles. The predicted octanol–water partition coefficient (Wildman–Crippen LogP) is 2.64. The summed E-state index contributed by atoms with van der Waals surface area (Å²) in [6, 6.07) is 5.91. The molecule has 25 heavy (non-hydrogen) atoms. The minimum atomic E-state index is 0.420. The van der Waals surface area contributed by atoms with E-state index >= 15 is 0 Å². The number of piperidine rings is 1. The number of nitrogens with two attached hydrogens (primary N) is 1. The number of pyridine rings is 2. The van der Waals surface area contributed by atoms with Crippen LogP contribution in [0.25, 0.3) is 22.8 Å². The number of hydrogen-bond donors (Lipinski definition) is 1. The molecule has 128 valence electrons. The molecular weight excluding hydrogens is 316 g/mol. The first-order valence-electron chi connectivity index (χ1n) is 8.53. The Hall–Kier alpha value is -2.80. The fraction of sp³-hybridized carbons (Fsp3) is 0.333. The molecule has 3 aromatic rings. The van der Waals surface area contributed by atoms with Gasteiger partial charge >= 0.3 is 0 Å². The van der Waals surface area contributed by atoms with Crippen LogP contribution in [0.15, 0.2) is 41.3 Å². The van der Waals surface area contributed by atoms with Crippen molar-refractivity contribution in [1.29, 1.82) is 0 Å². The van der Waals surface area contributed by atoms with Crippen LogP contribution < -0.4 is 10.6 Å². The number of anilines is 1. The molecule has 0 bridgehead atoms. The minimum absolute atomic E-state index is 0.420. The van der Waals surface area contributed by atoms with Crippen LogP contribution in [0.4, 0.5) is 5.82 Å². The van der Waals surface area contributed by atoms with Crippen LogP contribution in [-0.2, 0) is 6.54 Å². The van der Waals surface area contributed by atoms with E-state index in [-0.39, 0.29) is 0 Å². The lowest BCUT2D eigenvalue weighted by Gasteiger charge is -2.27. The van der Waals surface area contributed by atoms with Crippen LogP contribution >= 0.6 is 0 Å². The van der Waals surface area contributed by atoms with Crippen LogP contribution in [0.2, 0.25) is 0 Å². The maximum atomic E-state index is 5.65. The monoisotopic (exact) mass is 336 g/mol. The van der Waals surface area contributed by atoms with E-state index in [1.165, 1.54) is 19.3 Å². The lowest BCUT2D eigenvalue weighted by atomic mass is 10.1. The fourth-order valence-electron chi connectivity index (χ4n) is 3.00. The molecule has 4 rings (SSSR count). The number of hydrogen-bond acceptors (Lipinski definition) is 7. The lowest BCUT2D eigenvalue weighted by Crippen LogP contribution is -2.29. The van der Waals surface area contributed by atoms with Gasteiger partial charge in [0.05, 0.1) is 5.56 Å². The summed E-state index contributed by atoms with van der Waals surface area (Å²) in [5.41, 5.74) is 8.17. The molecule has 2 N–H and O–H groups in total. The van der Waals surface area contributed by atoms with E-state index in [0.29, 0.717) is 18.3 Å². The van der Waals surface area contributed by atoms with E-state index in [2.05, 4.69) is 25.0 Å². The molecule has 0 unspecified atom stereocenters. The van der Waals surface area contributed by atoms with Gasteiger partial charge in [-0.1, -0.05) is 5.16 Å². The Labute approximate surface area is 145 Å². The van der Waals surface area contributed by atoms with Gasteiger partial charge in [0.15, 0.2) is 0 Å². The highest BCUT2D eigenvalue weighted by Gasteiger charge is 2.14. The normalized spacial score (nSPS) is 14.7. The molecule has 7 nitrogen and oxygen atoms in total. The quantitative estimate of drug-likeness (QED) is 0.782. The molecule has 0 radical (unpaired) electrons. The highest BCUT2D eigenvalue weighted by atomic mass is 16.5. The molecule has 0 aromatic carbocycles. The van der Waals surface area contributed by atoms with E-state index in [0.717, 1.165) is 35.6 Å². The summed E-state index contributed by atoms with van der Waals surface area (Å²) in [5.74, 6) is 1.95. The van der Waals surface area contributed by atoms with Gasteiger partial charge in [-0.25, -0.2) is 4.98 Å². The highest BCUT2D eigenvalue weighted by molar-refractivity contribution is 5.60. The van der Waals surface area contributed by atoms with E-state index in [1.54, 1.807) is 18.6 Å². The molecule has 0 aliphatic carbocycles. The average Bonchev–Trinajstić information content (AvgIpc) is 3.19. The largest absolute Gasteiger partial charge is 0.357 e. The summed E-state index contributed by atoms with van der Waals surface area (Å²) < 4.78 is 5.37. The topological polar surface area (TPSA) is 94.0 Å². The minimum Gasteiger partial charge on any atom is -0.357 e. The van der Waals surface area contributed by atoms with Gasteiger partial charge in [-0.2, -0.15) is 4.98 Å². The third-order valence-corrected chi connectivity index (χ3v) is 4.39. The molecule has 0 spiro atoms. The Morgan fingerprint density at radius 1 is 1.04 bits per heavy atom. The van der Waals surface area contributed by atoms with Gasteiger partial charge in [0.1, 0.15) is 5.82 Å². The summed E-state index contributed by atoms with van der Waals surface area (Å²) in [6.45, 7) is 2.57.